The standard InChI is InChI=1S/C13H20F2N2/c1-13(2,16)9-17(3)7-6-10-4-5-11(14)8-12(10)15/h4-5,8H,6-7,9,16H2,1-3H3. The van der Waals surface area contributed by atoms with Gasteiger partial charge in [0.2, 0.25) is 0 Å². The summed E-state index contributed by atoms with van der Waals surface area (Å²) in [6.45, 7) is 5.32. The second-order valence-electron chi connectivity index (χ2n) is 5.21. The molecular weight excluding hydrogens is 222 g/mol. The fraction of sp³-hybridized carbons (Fsp3) is 0.538. The van der Waals surface area contributed by atoms with Crippen LogP contribution in [0.1, 0.15) is 19.4 Å². The molecule has 0 saturated heterocycles. The van der Waals surface area contributed by atoms with Gasteiger partial charge in [0.05, 0.1) is 0 Å². The molecule has 4 heteroatoms. The number of benzene rings is 1. The highest BCUT2D eigenvalue weighted by Gasteiger charge is 2.14. The third kappa shape index (κ3) is 5.24. The number of rotatable bonds is 5. The van der Waals surface area contributed by atoms with Crippen LogP contribution >= 0.6 is 0 Å². The molecule has 1 aromatic carbocycles. The molecule has 0 radical (unpaired) electrons. The van der Waals surface area contributed by atoms with E-state index in [1.807, 2.05) is 25.8 Å². The van der Waals surface area contributed by atoms with Gasteiger partial charge in [0, 0.05) is 24.7 Å². The summed E-state index contributed by atoms with van der Waals surface area (Å²) in [5.41, 5.74) is 6.16. The second-order valence-corrected chi connectivity index (χ2v) is 5.21. The van der Waals surface area contributed by atoms with Crippen LogP contribution in [0.3, 0.4) is 0 Å². The molecule has 0 unspecified atom stereocenters. The van der Waals surface area contributed by atoms with Crippen LogP contribution in [-0.2, 0) is 6.42 Å². The Morgan fingerprint density at radius 1 is 1.29 bits per heavy atom. The molecule has 0 saturated carbocycles. The lowest BCUT2D eigenvalue weighted by atomic mass is 10.1. The minimum Gasteiger partial charge on any atom is -0.324 e. The summed E-state index contributed by atoms with van der Waals surface area (Å²) < 4.78 is 26.1. The van der Waals surface area contributed by atoms with Crippen LogP contribution in [0.15, 0.2) is 18.2 Å². The van der Waals surface area contributed by atoms with Crippen LogP contribution in [-0.4, -0.2) is 30.6 Å². The summed E-state index contributed by atoms with van der Waals surface area (Å²) in [4.78, 5) is 2.04. The molecule has 0 fully saturated rings. The Labute approximate surface area is 101 Å². The Morgan fingerprint density at radius 3 is 2.47 bits per heavy atom. The first-order chi connectivity index (χ1) is 7.78. The zero-order chi connectivity index (χ0) is 13.1. The first kappa shape index (κ1) is 14.1. The number of nitrogens with zero attached hydrogens (tertiary/aromatic N) is 1. The smallest absolute Gasteiger partial charge is 0.129 e. The van der Waals surface area contributed by atoms with Gasteiger partial charge >= 0.3 is 0 Å². The lowest BCUT2D eigenvalue weighted by Crippen LogP contribution is -2.44. The third-order valence-electron chi connectivity index (χ3n) is 2.46. The number of hydrogen-bond acceptors (Lipinski definition) is 2. The zero-order valence-corrected chi connectivity index (χ0v) is 10.6. The largest absolute Gasteiger partial charge is 0.324 e. The molecule has 96 valence electrons. The first-order valence-corrected chi connectivity index (χ1v) is 5.69. The zero-order valence-electron chi connectivity index (χ0n) is 10.6. The Kier molecular flexibility index (Phi) is 4.60. The molecule has 0 amide bonds. The predicted octanol–water partition coefficient (Wildman–Crippen LogP) is 2.18. The van der Waals surface area contributed by atoms with Gasteiger partial charge in [0.15, 0.2) is 0 Å². The molecule has 2 N–H and O–H groups in total. The summed E-state index contributed by atoms with van der Waals surface area (Å²) in [5, 5.41) is 0. The maximum absolute atomic E-state index is 13.4. The minimum absolute atomic E-state index is 0.268. The fourth-order valence-electron chi connectivity index (χ4n) is 1.81. The molecule has 0 aliphatic carbocycles. The molecule has 1 aromatic rings. The van der Waals surface area contributed by atoms with E-state index in [2.05, 4.69) is 0 Å². The molecule has 0 aliphatic rings. The predicted molar refractivity (Wildman–Crippen MR) is 65.8 cm³/mol. The summed E-state index contributed by atoms with van der Waals surface area (Å²) in [7, 11) is 1.94. The molecule has 0 aromatic heterocycles. The lowest BCUT2D eigenvalue weighted by molar-refractivity contribution is 0.272. The number of hydrogen-bond donors (Lipinski definition) is 1. The van der Waals surface area contributed by atoms with Crippen molar-refractivity contribution >= 4 is 0 Å². The van der Waals surface area contributed by atoms with E-state index in [1.54, 1.807) is 0 Å². The van der Waals surface area contributed by atoms with Crippen molar-refractivity contribution in [2.24, 2.45) is 5.73 Å². The van der Waals surface area contributed by atoms with Crippen molar-refractivity contribution in [2.75, 3.05) is 20.1 Å². The van der Waals surface area contributed by atoms with Gasteiger partial charge in [-0.15, -0.1) is 0 Å². The van der Waals surface area contributed by atoms with Crippen LogP contribution in [0.2, 0.25) is 0 Å². The Bertz CT molecular complexity index is 372. The second kappa shape index (κ2) is 5.56. The Hall–Kier alpha value is -1.00. The highest BCUT2D eigenvalue weighted by molar-refractivity contribution is 5.18. The van der Waals surface area contributed by atoms with E-state index in [9.17, 15) is 8.78 Å². The van der Waals surface area contributed by atoms with E-state index in [0.29, 0.717) is 18.5 Å². The van der Waals surface area contributed by atoms with E-state index in [0.717, 1.165) is 12.6 Å². The van der Waals surface area contributed by atoms with Gasteiger partial charge < -0.3 is 10.6 Å². The first-order valence-electron chi connectivity index (χ1n) is 5.69. The van der Waals surface area contributed by atoms with Crippen LogP contribution in [0, 0.1) is 11.6 Å². The molecule has 0 bridgehead atoms. The van der Waals surface area contributed by atoms with Gasteiger partial charge in [0.25, 0.3) is 0 Å². The van der Waals surface area contributed by atoms with Gasteiger partial charge in [0.1, 0.15) is 11.6 Å². The summed E-state index contributed by atoms with van der Waals surface area (Å²) in [6.07, 6.45) is 0.554. The number of likely N-dealkylation sites (N-methyl/N-ethyl adjacent to an activating group) is 1. The fourth-order valence-corrected chi connectivity index (χ4v) is 1.81. The highest BCUT2D eigenvalue weighted by atomic mass is 19.1. The average molecular weight is 242 g/mol. The van der Waals surface area contributed by atoms with Crippen molar-refractivity contribution in [3.63, 3.8) is 0 Å². The van der Waals surface area contributed by atoms with Gasteiger partial charge in [-0.05, 0) is 38.9 Å². The van der Waals surface area contributed by atoms with Crippen molar-refractivity contribution in [3.8, 4) is 0 Å². The normalized spacial score (nSPS) is 12.2. The quantitative estimate of drug-likeness (QED) is 0.857. The van der Waals surface area contributed by atoms with Crippen LogP contribution in [0.4, 0.5) is 8.78 Å². The van der Waals surface area contributed by atoms with E-state index >= 15 is 0 Å². The Balaban J connectivity index is 2.50. The topological polar surface area (TPSA) is 29.3 Å². The molecular formula is C13H20F2N2. The maximum atomic E-state index is 13.4. The molecule has 0 atom stereocenters. The molecule has 0 spiro atoms. The van der Waals surface area contributed by atoms with Crippen molar-refractivity contribution in [2.45, 2.75) is 25.8 Å². The van der Waals surface area contributed by atoms with E-state index in [1.165, 1.54) is 12.1 Å². The monoisotopic (exact) mass is 242 g/mol. The van der Waals surface area contributed by atoms with Crippen molar-refractivity contribution in [1.29, 1.82) is 0 Å². The van der Waals surface area contributed by atoms with Crippen LogP contribution in [0.5, 0.6) is 0 Å². The molecule has 2 nitrogen and oxygen atoms in total. The van der Waals surface area contributed by atoms with E-state index in [-0.39, 0.29) is 5.54 Å². The van der Waals surface area contributed by atoms with Gasteiger partial charge in [-0.25, -0.2) is 8.78 Å². The van der Waals surface area contributed by atoms with Crippen molar-refractivity contribution < 1.29 is 8.78 Å². The SMILES string of the molecule is CN(CCc1ccc(F)cc1F)CC(C)(C)N. The van der Waals surface area contributed by atoms with Crippen LogP contribution in [0.25, 0.3) is 0 Å². The highest BCUT2D eigenvalue weighted by Crippen LogP contribution is 2.11. The van der Waals surface area contributed by atoms with Crippen molar-refractivity contribution in [1.82, 2.24) is 4.90 Å². The summed E-state index contributed by atoms with van der Waals surface area (Å²) in [5.74, 6) is -1.02. The summed E-state index contributed by atoms with van der Waals surface area (Å²) >= 11 is 0. The maximum Gasteiger partial charge on any atom is 0.129 e. The number of nitrogens with two attached hydrogens (primary N) is 1. The van der Waals surface area contributed by atoms with E-state index < -0.39 is 11.6 Å². The molecule has 0 heterocycles. The van der Waals surface area contributed by atoms with Gasteiger partial charge in [-0.1, -0.05) is 6.07 Å². The Morgan fingerprint density at radius 2 is 1.94 bits per heavy atom. The molecule has 17 heavy (non-hydrogen) atoms. The third-order valence-corrected chi connectivity index (χ3v) is 2.46. The number of halogens is 2. The average Bonchev–Trinajstić information content (AvgIpc) is 2.13. The van der Waals surface area contributed by atoms with Gasteiger partial charge in [-0.3, -0.25) is 0 Å². The summed E-state index contributed by atoms with van der Waals surface area (Å²) in [6, 6.07) is 3.69. The van der Waals surface area contributed by atoms with E-state index in [4.69, 9.17) is 5.73 Å². The lowest BCUT2D eigenvalue weighted by Gasteiger charge is -2.26. The molecule has 0 aliphatic heterocycles. The van der Waals surface area contributed by atoms with Crippen LogP contribution < -0.4 is 5.73 Å². The molecule has 1 rings (SSSR count). The van der Waals surface area contributed by atoms with Crippen molar-refractivity contribution in [3.05, 3.63) is 35.4 Å². The minimum atomic E-state index is -0.539. The van der Waals surface area contributed by atoms with Gasteiger partial charge in [-0.2, -0.15) is 0 Å².